The molecule has 0 radical (unpaired) electrons. The van der Waals surface area contributed by atoms with Crippen molar-refractivity contribution < 1.29 is 0 Å². The Labute approximate surface area is 684 Å². The van der Waals surface area contributed by atoms with Crippen LogP contribution in [0.2, 0.25) is 0 Å². The Morgan fingerprint density at radius 2 is 0.235 bits per heavy atom. The van der Waals surface area contributed by atoms with Gasteiger partial charge < -0.3 is 0 Å². The fraction of sp³-hybridized carbons (Fsp3) is 0.113. The molecule has 0 spiro atoms. The fourth-order valence-electron chi connectivity index (χ4n) is 16.6. The van der Waals surface area contributed by atoms with Crippen LogP contribution in [-0.4, -0.2) is 0 Å². The second kappa shape index (κ2) is 36.0. The summed E-state index contributed by atoms with van der Waals surface area (Å²) in [6.07, 6.45) is 0. The van der Waals surface area contributed by atoms with Crippen LogP contribution in [0.1, 0.15) is 72.3 Å². The number of hydrogen-bond acceptors (Lipinski definition) is 0. The van der Waals surface area contributed by atoms with Gasteiger partial charge in [-0.15, -0.1) is 0 Å². The third-order valence-electron chi connectivity index (χ3n) is 22.0. The first-order valence-electron chi connectivity index (χ1n) is 40.3. The van der Waals surface area contributed by atoms with E-state index in [1.165, 1.54) is 217 Å². The first kappa shape index (κ1) is 78.4. The van der Waals surface area contributed by atoms with Gasteiger partial charge in [-0.25, -0.2) is 0 Å². The summed E-state index contributed by atoms with van der Waals surface area (Å²) in [7, 11) is 0. The smallest absolute Gasteiger partial charge is 0.0148 e. The molecule has 0 saturated carbocycles. The molecule has 0 bridgehead atoms. The maximum atomic E-state index is 2.32. The first-order chi connectivity index (χ1) is 55.8. The van der Waals surface area contributed by atoms with Gasteiger partial charge >= 0.3 is 0 Å². The van der Waals surface area contributed by atoms with E-state index in [0.717, 1.165) is 0 Å². The highest BCUT2D eigenvalue weighted by atomic mass is 14.2. The molecule has 0 aliphatic heterocycles. The highest BCUT2D eigenvalue weighted by molar-refractivity contribution is 5.87. The molecule has 0 fully saturated rings. The highest BCUT2D eigenvalue weighted by Gasteiger charge is 2.17. The van der Waals surface area contributed by atoms with Gasteiger partial charge in [-0.2, -0.15) is 0 Å². The van der Waals surface area contributed by atoms with Gasteiger partial charge in [0.2, 0.25) is 0 Å². The number of benzene rings is 17. The molecule has 0 amide bonds. The van der Waals surface area contributed by atoms with Gasteiger partial charge in [-0.3, -0.25) is 0 Å². The maximum absolute atomic E-state index is 2.32. The summed E-state index contributed by atoms with van der Waals surface area (Å²) >= 11 is 0. The van der Waals surface area contributed by atoms with Gasteiger partial charge in [-0.1, -0.05) is 397 Å². The molecule has 17 rings (SSSR count). The van der Waals surface area contributed by atoms with Crippen LogP contribution in [0.4, 0.5) is 0 Å². The van der Waals surface area contributed by atoms with Gasteiger partial charge in [0, 0.05) is 0 Å². The molecule has 0 N–H and O–H groups in total. The first-order valence-corrected chi connectivity index (χ1v) is 40.3. The summed E-state index contributed by atoms with van der Waals surface area (Å²) in [6.45, 7) is 28.5. The average molecular weight is 1480 g/mol. The lowest BCUT2D eigenvalue weighted by Gasteiger charge is -2.15. The Morgan fingerprint density at radius 1 is 0.0957 bits per heavy atom. The van der Waals surface area contributed by atoms with Crippen molar-refractivity contribution in [2.24, 2.45) is 0 Å². The molecule has 0 aromatic heterocycles. The molecule has 0 nitrogen and oxygen atoms in total. The van der Waals surface area contributed by atoms with Crippen molar-refractivity contribution in [3.05, 3.63) is 455 Å². The SMILES string of the molecule is Cc1c(-c2ccc(-c3ccccc3)cc2)cccc1-c1ccc(-c2ccccc2)cc1.Cc1cc(-c2ccccc2)cc(-c2cccc(-c3cc(C)cc(-c4ccccc4)c3)c2C)c1.Cc1cc(C)cc(-c2cccc(-c3cc(C)cc(-c4ccccc4)c3)c2C)c1.Cc1cc(C)cc(-c2cccc(-c3cc(C)cc(C)c3)c2C)c1. The lowest BCUT2D eigenvalue weighted by atomic mass is 9.89. The number of rotatable bonds is 13. The fourth-order valence-corrected chi connectivity index (χ4v) is 16.6. The van der Waals surface area contributed by atoms with Gasteiger partial charge in [0.25, 0.3) is 0 Å². The van der Waals surface area contributed by atoms with E-state index in [0.29, 0.717) is 0 Å². The van der Waals surface area contributed by atoms with E-state index in [1.807, 2.05) is 0 Å². The molecular formula is C115H102. The zero-order chi connectivity index (χ0) is 80.1. The summed E-state index contributed by atoms with van der Waals surface area (Å²) < 4.78 is 0. The molecule has 115 heavy (non-hydrogen) atoms. The summed E-state index contributed by atoms with van der Waals surface area (Å²) in [5.74, 6) is 0. The van der Waals surface area contributed by atoms with Crippen LogP contribution >= 0.6 is 0 Å². The van der Waals surface area contributed by atoms with Crippen molar-refractivity contribution in [3.63, 3.8) is 0 Å². The van der Waals surface area contributed by atoms with E-state index in [1.54, 1.807) is 0 Å². The second-order valence-electron chi connectivity index (χ2n) is 31.3. The van der Waals surface area contributed by atoms with Crippen LogP contribution in [0, 0.1) is 90.0 Å². The lowest BCUT2D eigenvalue weighted by Crippen LogP contribution is -1.91. The van der Waals surface area contributed by atoms with E-state index in [-0.39, 0.29) is 0 Å². The summed E-state index contributed by atoms with van der Waals surface area (Å²) in [5, 5.41) is 0. The van der Waals surface area contributed by atoms with Gasteiger partial charge in [0.1, 0.15) is 0 Å². The Hall–Kier alpha value is -13.3. The van der Waals surface area contributed by atoms with Crippen molar-refractivity contribution in [2.75, 3.05) is 0 Å². The molecule has 17 aromatic carbocycles. The average Bonchev–Trinajstić information content (AvgIpc) is 0.804. The van der Waals surface area contributed by atoms with Crippen LogP contribution < -0.4 is 0 Å². The third-order valence-corrected chi connectivity index (χ3v) is 22.0. The quantitative estimate of drug-likeness (QED) is 0.108. The van der Waals surface area contributed by atoms with Crippen molar-refractivity contribution in [3.8, 4) is 145 Å². The van der Waals surface area contributed by atoms with Crippen LogP contribution in [0.5, 0.6) is 0 Å². The summed E-state index contributed by atoms with van der Waals surface area (Å²) in [4.78, 5) is 0. The standard InChI is InChI=1S/C33H28.C31H24.C28H26.C23H24/c1-23-17-28(26-11-6-4-7-12-26)21-30(19-23)32-15-10-16-33(25(32)3)31-20-24(2)18-29(22-31)27-13-8-5-9-14-27;1-23-30(28-19-15-26(16-20-28)24-9-4-2-5-10-24)13-8-14-31(23)29-21-17-27(18-22-29)25-11-6-3-7-12-25;1-19-13-20(2)16-25(15-19)27-11-8-12-28(22(27)4)26-17-21(3)14-24(18-26)23-9-6-5-7-10-23;1-15-9-16(2)12-20(11-15)22-7-6-8-23(19(22)5)21-13-17(3)10-18(4)14-21/h4-22H,1-3H3;2-22H,1H3;5-18H,1-4H3;6-14H,1-5H3. The van der Waals surface area contributed by atoms with Crippen LogP contribution in [0.15, 0.2) is 382 Å². The van der Waals surface area contributed by atoms with E-state index in [4.69, 9.17) is 0 Å². The molecule has 0 heteroatoms. The van der Waals surface area contributed by atoms with E-state index < -0.39 is 0 Å². The predicted molar refractivity (Wildman–Crippen MR) is 498 cm³/mol. The van der Waals surface area contributed by atoms with Gasteiger partial charge in [-0.05, 0) is 292 Å². The van der Waals surface area contributed by atoms with Crippen LogP contribution in [0.25, 0.3) is 145 Å². The minimum Gasteiger partial charge on any atom is -0.0622 e. The van der Waals surface area contributed by atoms with Crippen molar-refractivity contribution >= 4 is 0 Å². The maximum Gasteiger partial charge on any atom is -0.0148 e. The molecule has 0 heterocycles. The minimum atomic E-state index is 1.25. The van der Waals surface area contributed by atoms with Gasteiger partial charge in [0.05, 0.1) is 0 Å². The molecule has 0 unspecified atom stereocenters. The van der Waals surface area contributed by atoms with E-state index in [9.17, 15) is 0 Å². The minimum absolute atomic E-state index is 1.25. The zero-order valence-electron chi connectivity index (χ0n) is 68.9. The summed E-state index contributed by atoms with van der Waals surface area (Å²) in [6, 6.07) is 138. The highest BCUT2D eigenvalue weighted by Crippen LogP contribution is 2.41. The van der Waals surface area contributed by atoms with Crippen molar-refractivity contribution in [2.45, 2.75) is 90.0 Å². The Morgan fingerprint density at radius 3 is 0.435 bits per heavy atom. The molecule has 0 aliphatic rings. The normalized spacial score (nSPS) is 10.8. The molecule has 562 valence electrons. The number of hydrogen-bond donors (Lipinski definition) is 0. The molecular weight excluding hydrogens is 1380 g/mol. The lowest BCUT2D eigenvalue weighted by molar-refractivity contribution is 1.35. The zero-order valence-corrected chi connectivity index (χ0v) is 68.9. The van der Waals surface area contributed by atoms with Gasteiger partial charge in [0.15, 0.2) is 0 Å². The van der Waals surface area contributed by atoms with E-state index >= 15 is 0 Å². The molecule has 0 saturated heterocycles. The Bertz CT molecular complexity index is 5880. The molecule has 0 aliphatic carbocycles. The largest absolute Gasteiger partial charge is 0.0622 e. The molecule has 0 atom stereocenters. The number of aryl methyl sites for hydroxylation is 9. The topological polar surface area (TPSA) is 0 Å². The van der Waals surface area contributed by atoms with Crippen molar-refractivity contribution in [1.82, 2.24) is 0 Å². The third kappa shape index (κ3) is 19.1. The Kier molecular flexibility index (Phi) is 24.6. The monoisotopic (exact) mass is 1480 g/mol. The van der Waals surface area contributed by atoms with Crippen molar-refractivity contribution in [1.29, 1.82) is 0 Å². The summed E-state index contributed by atoms with van der Waals surface area (Å²) in [5.41, 5.74) is 50.2. The second-order valence-corrected chi connectivity index (χ2v) is 31.3. The van der Waals surface area contributed by atoms with Crippen LogP contribution in [0.3, 0.4) is 0 Å². The van der Waals surface area contributed by atoms with E-state index in [2.05, 4.69) is 472 Å². The molecule has 17 aromatic rings. The Balaban J connectivity index is 0.000000128. The predicted octanol–water partition coefficient (Wildman–Crippen LogP) is 32.4. The van der Waals surface area contributed by atoms with Crippen LogP contribution in [-0.2, 0) is 0 Å².